The Morgan fingerprint density at radius 2 is 2.14 bits per heavy atom. The Kier molecular flexibility index (Phi) is 4.24. The molecule has 114 valence electrons. The van der Waals surface area contributed by atoms with E-state index < -0.39 is 26.8 Å². The van der Waals surface area contributed by atoms with Gasteiger partial charge in [-0.1, -0.05) is 6.07 Å². The van der Waals surface area contributed by atoms with Gasteiger partial charge in [0.1, 0.15) is 0 Å². The fourth-order valence-electron chi connectivity index (χ4n) is 2.27. The van der Waals surface area contributed by atoms with Gasteiger partial charge in [-0.3, -0.25) is 14.9 Å². The zero-order valence-electron chi connectivity index (χ0n) is 11.0. The molecule has 1 aromatic carbocycles. The normalized spacial score (nSPS) is 20.1. The Bertz CT molecular complexity index is 672. The van der Waals surface area contributed by atoms with Crippen LogP contribution in [-0.4, -0.2) is 41.8 Å². The van der Waals surface area contributed by atoms with Crippen molar-refractivity contribution in [2.24, 2.45) is 5.92 Å². The van der Waals surface area contributed by atoms with Crippen LogP contribution in [0.2, 0.25) is 0 Å². The van der Waals surface area contributed by atoms with Gasteiger partial charge in [0, 0.05) is 25.2 Å². The minimum atomic E-state index is -3.92. The molecule has 0 amide bonds. The molecule has 0 aromatic heterocycles. The third-order valence-electron chi connectivity index (χ3n) is 3.40. The highest BCUT2D eigenvalue weighted by Crippen LogP contribution is 2.25. The van der Waals surface area contributed by atoms with Crippen LogP contribution in [0.15, 0.2) is 29.2 Å². The van der Waals surface area contributed by atoms with E-state index >= 15 is 0 Å². The first-order valence-electron chi connectivity index (χ1n) is 6.30. The molecule has 1 N–H and O–H groups in total. The fraction of sp³-hybridized carbons (Fsp3) is 0.417. The number of carboxylic acid groups (broad SMARTS) is 1. The van der Waals surface area contributed by atoms with Crippen LogP contribution in [0.25, 0.3) is 0 Å². The molecule has 0 aliphatic carbocycles. The summed E-state index contributed by atoms with van der Waals surface area (Å²) in [5, 5.41) is 19.7. The Morgan fingerprint density at radius 1 is 1.43 bits per heavy atom. The van der Waals surface area contributed by atoms with Crippen LogP contribution in [0.1, 0.15) is 12.8 Å². The molecule has 8 nitrogen and oxygen atoms in total. The highest BCUT2D eigenvalue weighted by atomic mass is 32.2. The second-order valence-corrected chi connectivity index (χ2v) is 6.73. The molecule has 1 saturated heterocycles. The van der Waals surface area contributed by atoms with Crippen LogP contribution in [0, 0.1) is 16.0 Å². The van der Waals surface area contributed by atoms with E-state index in [1.807, 2.05) is 0 Å². The fourth-order valence-corrected chi connectivity index (χ4v) is 3.83. The summed E-state index contributed by atoms with van der Waals surface area (Å²) in [5.41, 5.74) is -0.317. The van der Waals surface area contributed by atoms with E-state index in [4.69, 9.17) is 5.11 Å². The van der Waals surface area contributed by atoms with Crippen molar-refractivity contribution in [2.45, 2.75) is 17.7 Å². The third kappa shape index (κ3) is 3.19. The number of benzene rings is 1. The maximum Gasteiger partial charge on any atom is 0.307 e. The molecular formula is C12H14N2O6S. The van der Waals surface area contributed by atoms with Gasteiger partial charge in [0.2, 0.25) is 10.0 Å². The second kappa shape index (κ2) is 5.78. The number of rotatable bonds is 4. The van der Waals surface area contributed by atoms with Crippen molar-refractivity contribution in [3.63, 3.8) is 0 Å². The molecule has 2 rings (SSSR count). The average Bonchev–Trinajstić information content (AvgIpc) is 2.47. The largest absolute Gasteiger partial charge is 0.481 e. The van der Waals surface area contributed by atoms with Crippen molar-refractivity contribution >= 4 is 21.7 Å². The predicted molar refractivity (Wildman–Crippen MR) is 72.2 cm³/mol. The van der Waals surface area contributed by atoms with Crippen LogP contribution >= 0.6 is 0 Å². The SMILES string of the molecule is O=C(O)C1CCCN(S(=O)(=O)c2cccc([N+](=O)[O-])c2)C1. The second-order valence-electron chi connectivity index (χ2n) is 4.79. The summed E-state index contributed by atoms with van der Waals surface area (Å²) in [7, 11) is -3.92. The smallest absolute Gasteiger partial charge is 0.307 e. The molecule has 9 heteroatoms. The number of hydrogen-bond donors (Lipinski definition) is 1. The molecule has 1 heterocycles. The van der Waals surface area contributed by atoms with E-state index in [2.05, 4.69) is 0 Å². The van der Waals surface area contributed by atoms with Crippen molar-refractivity contribution < 1.29 is 23.2 Å². The first kappa shape index (κ1) is 15.4. The number of nitrogens with zero attached hydrogens (tertiary/aromatic N) is 2. The lowest BCUT2D eigenvalue weighted by molar-refractivity contribution is -0.385. The Labute approximate surface area is 121 Å². The lowest BCUT2D eigenvalue weighted by atomic mass is 10.0. The van der Waals surface area contributed by atoms with E-state index in [0.717, 1.165) is 10.4 Å². The van der Waals surface area contributed by atoms with Crippen LogP contribution in [0.4, 0.5) is 5.69 Å². The number of sulfonamides is 1. The summed E-state index contributed by atoms with van der Waals surface area (Å²) in [6, 6.07) is 4.76. The van der Waals surface area contributed by atoms with Gasteiger partial charge in [-0.2, -0.15) is 4.31 Å². The van der Waals surface area contributed by atoms with Crippen molar-refractivity contribution in [2.75, 3.05) is 13.1 Å². The third-order valence-corrected chi connectivity index (χ3v) is 5.26. The molecule has 1 unspecified atom stereocenters. The molecule has 1 aliphatic rings. The number of hydrogen-bond acceptors (Lipinski definition) is 5. The molecule has 21 heavy (non-hydrogen) atoms. The number of nitro groups is 1. The van der Waals surface area contributed by atoms with E-state index in [1.54, 1.807) is 0 Å². The zero-order chi connectivity index (χ0) is 15.6. The standard InChI is InChI=1S/C12H14N2O6S/c15-12(16)9-3-2-6-13(8-9)21(19,20)11-5-1-4-10(7-11)14(17)18/h1,4-5,7,9H,2-3,6,8H2,(H,15,16). The summed E-state index contributed by atoms with van der Waals surface area (Å²) >= 11 is 0. The minimum Gasteiger partial charge on any atom is -0.481 e. The van der Waals surface area contributed by atoms with Gasteiger partial charge in [-0.25, -0.2) is 8.42 Å². The zero-order valence-corrected chi connectivity index (χ0v) is 11.8. The first-order chi connectivity index (χ1) is 9.82. The lowest BCUT2D eigenvalue weighted by Gasteiger charge is -2.29. The van der Waals surface area contributed by atoms with E-state index in [9.17, 15) is 23.3 Å². The molecule has 0 bridgehead atoms. The minimum absolute atomic E-state index is 0.111. The molecule has 1 atom stereocenters. The summed E-state index contributed by atoms with van der Waals surface area (Å²) in [4.78, 5) is 20.8. The highest BCUT2D eigenvalue weighted by Gasteiger charge is 2.33. The Hall–Kier alpha value is -2.00. The van der Waals surface area contributed by atoms with Gasteiger partial charge in [0.15, 0.2) is 0 Å². The quantitative estimate of drug-likeness (QED) is 0.656. The number of piperidine rings is 1. The van der Waals surface area contributed by atoms with Crippen molar-refractivity contribution in [1.29, 1.82) is 0 Å². The van der Waals surface area contributed by atoms with E-state index in [0.29, 0.717) is 12.8 Å². The molecular weight excluding hydrogens is 300 g/mol. The van der Waals surface area contributed by atoms with Gasteiger partial charge in [-0.15, -0.1) is 0 Å². The van der Waals surface area contributed by atoms with Gasteiger partial charge >= 0.3 is 5.97 Å². The average molecular weight is 314 g/mol. The number of nitro benzene ring substituents is 1. The van der Waals surface area contributed by atoms with E-state index in [1.165, 1.54) is 18.2 Å². The molecule has 1 fully saturated rings. The van der Waals surface area contributed by atoms with Crippen molar-refractivity contribution in [3.8, 4) is 0 Å². The molecule has 1 aromatic rings. The van der Waals surface area contributed by atoms with Gasteiger partial charge in [0.25, 0.3) is 5.69 Å². The summed E-state index contributed by atoms with van der Waals surface area (Å²) in [5.74, 6) is -1.78. The number of carbonyl (C=O) groups is 1. The number of carboxylic acids is 1. The van der Waals surface area contributed by atoms with Gasteiger partial charge in [-0.05, 0) is 18.9 Å². The lowest BCUT2D eigenvalue weighted by Crippen LogP contribution is -2.42. The Balaban J connectivity index is 2.31. The summed E-state index contributed by atoms with van der Waals surface area (Å²) in [6.45, 7) is 0.106. The van der Waals surface area contributed by atoms with Gasteiger partial charge < -0.3 is 5.11 Å². The van der Waals surface area contributed by atoms with Crippen molar-refractivity contribution in [1.82, 2.24) is 4.31 Å². The summed E-state index contributed by atoms with van der Waals surface area (Å²) in [6.07, 6.45) is 0.876. The van der Waals surface area contributed by atoms with E-state index in [-0.39, 0.29) is 23.7 Å². The van der Waals surface area contributed by atoms with Gasteiger partial charge in [0.05, 0.1) is 15.7 Å². The van der Waals surface area contributed by atoms with Crippen molar-refractivity contribution in [3.05, 3.63) is 34.4 Å². The molecule has 1 aliphatic heterocycles. The summed E-state index contributed by atoms with van der Waals surface area (Å²) < 4.78 is 26.0. The molecule has 0 radical (unpaired) electrons. The monoisotopic (exact) mass is 314 g/mol. The maximum absolute atomic E-state index is 12.4. The number of aliphatic carboxylic acids is 1. The number of non-ortho nitro benzene ring substituents is 1. The van der Waals surface area contributed by atoms with Crippen LogP contribution in [-0.2, 0) is 14.8 Å². The first-order valence-corrected chi connectivity index (χ1v) is 7.74. The Morgan fingerprint density at radius 3 is 2.76 bits per heavy atom. The van der Waals surface area contributed by atoms with Crippen LogP contribution in [0.5, 0.6) is 0 Å². The predicted octanol–water partition coefficient (Wildman–Crippen LogP) is 1.08. The highest BCUT2D eigenvalue weighted by molar-refractivity contribution is 7.89. The topological polar surface area (TPSA) is 118 Å². The molecule has 0 saturated carbocycles. The van der Waals surface area contributed by atoms with Crippen LogP contribution in [0.3, 0.4) is 0 Å². The maximum atomic E-state index is 12.4. The molecule has 0 spiro atoms. The van der Waals surface area contributed by atoms with Crippen LogP contribution < -0.4 is 0 Å².